The highest BCUT2D eigenvalue weighted by Gasteiger charge is 2.29. The van der Waals surface area contributed by atoms with Crippen molar-refractivity contribution in [3.05, 3.63) is 82.9 Å². The molecule has 3 aromatic carbocycles. The molecule has 0 bridgehead atoms. The van der Waals surface area contributed by atoms with E-state index in [1.807, 2.05) is 13.8 Å². The second kappa shape index (κ2) is 10.1. The largest absolute Gasteiger partial charge is 0.492 e. The van der Waals surface area contributed by atoms with Gasteiger partial charge in [-0.25, -0.2) is 8.42 Å². The zero-order chi connectivity index (χ0) is 23.3. The van der Waals surface area contributed by atoms with Crippen molar-refractivity contribution >= 4 is 38.9 Å². The van der Waals surface area contributed by atoms with Crippen LogP contribution in [0.1, 0.15) is 18.1 Å². The molecule has 0 aliphatic rings. The molecule has 0 unspecified atom stereocenters. The molecule has 0 saturated heterocycles. The monoisotopic (exact) mass is 472 g/mol. The summed E-state index contributed by atoms with van der Waals surface area (Å²) in [7, 11) is -4.04. The standard InChI is InChI=1S/C24H25ClN2O4S/c1-4-31-23-11-6-5-9-21(23)26-24(28)16-27(22-10-7-8-20(25)18(22)3)32(29,30)19-14-12-17(2)13-15-19/h5-15H,4,16H2,1-3H3,(H,26,28). The second-order valence-electron chi connectivity index (χ2n) is 7.19. The summed E-state index contributed by atoms with van der Waals surface area (Å²) in [5, 5.41) is 3.17. The van der Waals surface area contributed by atoms with E-state index in [1.54, 1.807) is 61.5 Å². The first-order chi connectivity index (χ1) is 15.2. The maximum Gasteiger partial charge on any atom is 0.264 e. The molecule has 0 aliphatic heterocycles. The van der Waals surface area contributed by atoms with Crippen LogP contribution in [0, 0.1) is 13.8 Å². The van der Waals surface area contributed by atoms with Gasteiger partial charge in [-0.05, 0) is 62.7 Å². The Morgan fingerprint density at radius 2 is 1.69 bits per heavy atom. The molecule has 0 fully saturated rings. The number of hydrogen-bond donors (Lipinski definition) is 1. The Morgan fingerprint density at radius 3 is 2.38 bits per heavy atom. The van der Waals surface area contributed by atoms with Crippen molar-refractivity contribution in [1.29, 1.82) is 0 Å². The molecule has 0 heterocycles. The highest BCUT2D eigenvalue weighted by molar-refractivity contribution is 7.92. The van der Waals surface area contributed by atoms with Gasteiger partial charge in [0.05, 0.1) is 22.9 Å². The lowest BCUT2D eigenvalue weighted by Crippen LogP contribution is -2.38. The number of anilines is 2. The Kier molecular flexibility index (Phi) is 7.43. The lowest BCUT2D eigenvalue weighted by Gasteiger charge is -2.26. The van der Waals surface area contributed by atoms with Crippen LogP contribution in [0.3, 0.4) is 0 Å². The van der Waals surface area contributed by atoms with Crippen LogP contribution in [-0.2, 0) is 14.8 Å². The average molecular weight is 473 g/mol. The third-order valence-corrected chi connectivity index (χ3v) is 7.05. The van der Waals surface area contributed by atoms with E-state index >= 15 is 0 Å². The van der Waals surface area contributed by atoms with Gasteiger partial charge >= 0.3 is 0 Å². The normalized spacial score (nSPS) is 11.1. The molecule has 0 saturated carbocycles. The number of aryl methyl sites for hydroxylation is 1. The molecular formula is C24H25ClN2O4S. The van der Waals surface area contributed by atoms with Crippen LogP contribution >= 0.6 is 11.6 Å². The molecule has 0 radical (unpaired) electrons. The smallest absolute Gasteiger partial charge is 0.264 e. The first-order valence-corrected chi connectivity index (χ1v) is 11.9. The Morgan fingerprint density at radius 1 is 1.00 bits per heavy atom. The van der Waals surface area contributed by atoms with Gasteiger partial charge in [-0.1, -0.05) is 47.5 Å². The number of para-hydroxylation sites is 2. The van der Waals surface area contributed by atoms with E-state index in [0.717, 1.165) is 9.87 Å². The number of carbonyl (C=O) groups is 1. The number of hydrogen-bond acceptors (Lipinski definition) is 4. The highest BCUT2D eigenvalue weighted by atomic mass is 35.5. The third-order valence-electron chi connectivity index (χ3n) is 4.86. The fourth-order valence-electron chi connectivity index (χ4n) is 3.17. The summed E-state index contributed by atoms with van der Waals surface area (Å²) in [6.45, 7) is 5.44. The predicted molar refractivity (Wildman–Crippen MR) is 128 cm³/mol. The molecule has 1 amide bonds. The maximum absolute atomic E-state index is 13.5. The van der Waals surface area contributed by atoms with E-state index in [9.17, 15) is 13.2 Å². The van der Waals surface area contributed by atoms with E-state index in [2.05, 4.69) is 5.32 Å². The van der Waals surface area contributed by atoms with Crippen molar-refractivity contribution in [3.63, 3.8) is 0 Å². The number of ether oxygens (including phenoxy) is 1. The van der Waals surface area contributed by atoms with Crippen LogP contribution in [0.2, 0.25) is 5.02 Å². The summed E-state index contributed by atoms with van der Waals surface area (Å²) in [4.78, 5) is 13.1. The number of halogens is 1. The molecule has 0 spiro atoms. The van der Waals surface area contributed by atoms with Crippen LogP contribution < -0.4 is 14.4 Å². The van der Waals surface area contributed by atoms with E-state index < -0.39 is 22.5 Å². The minimum Gasteiger partial charge on any atom is -0.492 e. The number of carbonyl (C=O) groups excluding carboxylic acids is 1. The molecule has 0 atom stereocenters. The van der Waals surface area contributed by atoms with Crippen LogP contribution in [0.25, 0.3) is 0 Å². The molecule has 3 rings (SSSR count). The van der Waals surface area contributed by atoms with Crippen LogP contribution in [0.4, 0.5) is 11.4 Å². The van der Waals surface area contributed by atoms with Crippen molar-refractivity contribution in [2.24, 2.45) is 0 Å². The average Bonchev–Trinajstić information content (AvgIpc) is 2.76. The number of sulfonamides is 1. The Hall–Kier alpha value is -3.03. The first-order valence-electron chi connectivity index (χ1n) is 10.1. The molecule has 0 aliphatic carbocycles. The van der Waals surface area contributed by atoms with Crippen molar-refractivity contribution in [3.8, 4) is 5.75 Å². The van der Waals surface area contributed by atoms with E-state index in [1.165, 1.54) is 12.1 Å². The number of amides is 1. The van der Waals surface area contributed by atoms with Gasteiger partial charge in [0, 0.05) is 5.02 Å². The molecule has 0 aromatic heterocycles. The number of benzene rings is 3. The molecular weight excluding hydrogens is 448 g/mol. The zero-order valence-electron chi connectivity index (χ0n) is 18.1. The van der Waals surface area contributed by atoms with Gasteiger partial charge in [0.25, 0.3) is 10.0 Å². The SMILES string of the molecule is CCOc1ccccc1NC(=O)CN(c1cccc(Cl)c1C)S(=O)(=O)c1ccc(C)cc1. The predicted octanol–water partition coefficient (Wildman–Crippen LogP) is 5.19. The quantitative estimate of drug-likeness (QED) is 0.489. The van der Waals surface area contributed by atoms with Crippen molar-refractivity contribution in [2.45, 2.75) is 25.7 Å². The summed E-state index contributed by atoms with van der Waals surface area (Å²) < 4.78 is 33.7. The Balaban J connectivity index is 1.99. The van der Waals surface area contributed by atoms with E-state index in [4.69, 9.17) is 16.3 Å². The zero-order valence-corrected chi connectivity index (χ0v) is 19.7. The first kappa shape index (κ1) is 23.6. The van der Waals surface area contributed by atoms with Crippen LogP contribution in [-0.4, -0.2) is 27.5 Å². The van der Waals surface area contributed by atoms with Gasteiger partial charge in [0.15, 0.2) is 0 Å². The Labute approximate surface area is 193 Å². The van der Waals surface area contributed by atoms with Gasteiger partial charge in [0.1, 0.15) is 12.3 Å². The molecule has 6 nitrogen and oxygen atoms in total. The fourth-order valence-corrected chi connectivity index (χ4v) is 4.82. The summed E-state index contributed by atoms with van der Waals surface area (Å²) in [6, 6.07) is 18.5. The highest BCUT2D eigenvalue weighted by Crippen LogP contribution is 2.31. The van der Waals surface area contributed by atoms with Crippen molar-refractivity contribution < 1.29 is 17.9 Å². The summed E-state index contributed by atoms with van der Waals surface area (Å²) in [5.41, 5.74) is 2.30. The van der Waals surface area contributed by atoms with Gasteiger partial charge in [-0.3, -0.25) is 9.10 Å². The van der Waals surface area contributed by atoms with Gasteiger partial charge in [-0.2, -0.15) is 0 Å². The number of rotatable bonds is 8. The molecule has 8 heteroatoms. The van der Waals surface area contributed by atoms with E-state index in [0.29, 0.717) is 34.3 Å². The second-order valence-corrected chi connectivity index (χ2v) is 9.46. The summed E-state index contributed by atoms with van der Waals surface area (Å²) in [6.07, 6.45) is 0. The summed E-state index contributed by atoms with van der Waals surface area (Å²) >= 11 is 6.26. The van der Waals surface area contributed by atoms with Gasteiger partial charge in [-0.15, -0.1) is 0 Å². The van der Waals surface area contributed by atoms with Crippen molar-refractivity contribution in [1.82, 2.24) is 0 Å². The van der Waals surface area contributed by atoms with Gasteiger partial charge in [0.2, 0.25) is 5.91 Å². The van der Waals surface area contributed by atoms with E-state index in [-0.39, 0.29) is 4.90 Å². The van der Waals surface area contributed by atoms with Gasteiger partial charge < -0.3 is 10.1 Å². The lowest BCUT2D eigenvalue weighted by atomic mass is 10.2. The maximum atomic E-state index is 13.5. The fraction of sp³-hybridized carbons (Fsp3) is 0.208. The number of nitrogens with zero attached hydrogens (tertiary/aromatic N) is 1. The third kappa shape index (κ3) is 5.23. The van der Waals surface area contributed by atoms with Crippen LogP contribution in [0.15, 0.2) is 71.6 Å². The Bertz CT molecular complexity index is 1210. The molecule has 168 valence electrons. The summed E-state index contributed by atoms with van der Waals surface area (Å²) in [5.74, 6) is 0.00226. The lowest BCUT2D eigenvalue weighted by molar-refractivity contribution is -0.114. The minimum atomic E-state index is -4.04. The minimum absolute atomic E-state index is 0.0880. The van der Waals surface area contributed by atoms with Crippen LogP contribution in [0.5, 0.6) is 5.75 Å². The molecule has 1 N–H and O–H groups in total. The molecule has 3 aromatic rings. The topological polar surface area (TPSA) is 75.7 Å². The molecule has 32 heavy (non-hydrogen) atoms. The number of nitrogens with one attached hydrogen (secondary N) is 1. The van der Waals surface area contributed by atoms with Crippen molar-refractivity contribution in [2.75, 3.05) is 22.8 Å².